The molecule has 0 saturated heterocycles. The lowest BCUT2D eigenvalue weighted by molar-refractivity contribution is -0.111. The van der Waals surface area contributed by atoms with Crippen molar-refractivity contribution in [3.8, 4) is 11.5 Å². The summed E-state index contributed by atoms with van der Waals surface area (Å²) < 4.78 is 10.4. The van der Waals surface area contributed by atoms with E-state index in [-0.39, 0.29) is 12.5 Å². The smallest absolute Gasteiger partial charge is 0.248 e. The monoisotopic (exact) mass is 343 g/mol. The van der Waals surface area contributed by atoms with Crippen LogP contribution < -0.4 is 20.1 Å². The van der Waals surface area contributed by atoms with E-state index in [2.05, 4.69) is 15.6 Å². The van der Waals surface area contributed by atoms with Crippen LogP contribution in [-0.4, -0.2) is 43.4 Å². The molecule has 25 heavy (non-hydrogen) atoms. The van der Waals surface area contributed by atoms with Crippen molar-refractivity contribution in [1.29, 1.82) is 0 Å². The summed E-state index contributed by atoms with van der Waals surface area (Å²) in [5.74, 6) is 1.59. The zero-order valence-corrected chi connectivity index (χ0v) is 14.2. The number of ether oxygens (including phenoxy) is 2. The van der Waals surface area contributed by atoms with Gasteiger partial charge < -0.3 is 25.2 Å². The van der Waals surface area contributed by atoms with E-state index in [9.17, 15) is 4.79 Å². The number of aromatic nitrogens is 1. The average Bonchev–Trinajstić information content (AvgIpc) is 2.65. The summed E-state index contributed by atoms with van der Waals surface area (Å²) in [6.07, 6.45) is 4.66. The van der Waals surface area contributed by atoms with Crippen LogP contribution in [0.2, 0.25) is 0 Å². The molecule has 0 saturated carbocycles. The third-order valence-corrected chi connectivity index (χ3v) is 3.28. The summed E-state index contributed by atoms with van der Waals surface area (Å²) in [5, 5.41) is 14.4. The maximum atomic E-state index is 12.0. The molecule has 0 atom stereocenters. The predicted octanol–water partition coefficient (Wildman–Crippen LogP) is 2.15. The van der Waals surface area contributed by atoms with E-state index >= 15 is 0 Å². The van der Waals surface area contributed by atoms with E-state index in [4.69, 9.17) is 14.6 Å². The van der Waals surface area contributed by atoms with E-state index < -0.39 is 0 Å². The highest BCUT2D eigenvalue weighted by molar-refractivity contribution is 6.01. The van der Waals surface area contributed by atoms with Crippen molar-refractivity contribution < 1.29 is 19.4 Å². The fourth-order valence-electron chi connectivity index (χ4n) is 2.07. The third kappa shape index (κ3) is 5.50. The van der Waals surface area contributed by atoms with Crippen molar-refractivity contribution in [2.75, 3.05) is 38.0 Å². The number of pyridine rings is 1. The number of aliphatic hydroxyl groups excluding tert-OH is 1. The Hall–Kier alpha value is -3.06. The Morgan fingerprint density at radius 3 is 2.64 bits per heavy atom. The van der Waals surface area contributed by atoms with Crippen molar-refractivity contribution in [3.05, 3.63) is 48.2 Å². The molecule has 0 unspecified atom stereocenters. The molecule has 7 nitrogen and oxygen atoms in total. The summed E-state index contributed by atoms with van der Waals surface area (Å²) >= 11 is 0. The Kier molecular flexibility index (Phi) is 6.79. The number of methoxy groups -OCH3 is 2. The van der Waals surface area contributed by atoms with Crippen LogP contribution in [0.3, 0.4) is 0 Å². The summed E-state index contributed by atoms with van der Waals surface area (Å²) in [6.45, 7) is 0.452. The number of benzene rings is 1. The van der Waals surface area contributed by atoms with E-state index in [1.165, 1.54) is 6.08 Å². The molecule has 0 aliphatic heterocycles. The first-order valence-corrected chi connectivity index (χ1v) is 7.68. The van der Waals surface area contributed by atoms with Gasteiger partial charge in [0.25, 0.3) is 0 Å². The van der Waals surface area contributed by atoms with Crippen LogP contribution in [0.15, 0.2) is 42.6 Å². The van der Waals surface area contributed by atoms with Crippen LogP contribution >= 0.6 is 0 Å². The zero-order valence-electron chi connectivity index (χ0n) is 14.2. The molecule has 1 heterocycles. The van der Waals surface area contributed by atoms with Gasteiger partial charge in [0.15, 0.2) is 11.5 Å². The number of anilines is 2. The quantitative estimate of drug-likeness (QED) is 0.636. The summed E-state index contributed by atoms with van der Waals surface area (Å²) in [5.41, 5.74) is 1.39. The number of hydrogen-bond acceptors (Lipinski definition) is 6. The van der Waals surface area contributed by atoms with Gasteiger partial charge in [0.1, 0.15) is 5.82 Å². The fourth-order valence-corrected chi connectivity index (χ4v) is 2.07. The highest BCUT2D eigenvalue weighted by atomic mass is 16.5. The first-order valence-electron chi connectivity index (χ1n) is 7.68. The fraction of sp³-hybridized carbons (Fsp3) is 0.222. The van der Waals surface area contributed by atoms with E-state index in [1.807, 2.05) is 6.07 Å². The molecular weight excluding hydrogens is 322 g/mol. The van der Waals surface area contributed by atoms with Crippen LogP contribution in [0.5, 0.6) is 11.5 Å². The second-order valence-electron chi connectivity index (χ2n) is 5.02. The SMILES string of the molecule is COc1ccc(/C=C/C(=O)Nc2ccc(NCCO)nc2)cc1OC. The third-order valence-electron chi connectivity index (χ3n) is 3.28. The molecule has 1 amide bonds. The largest absolute Gasteiger partial charge is 0.493 e. The number of amides is 1. The van der Waals surface area contributed by atoms with Gasteiger partial charge in [-0.15, -0.1) is 0 Å². The number of hydrogen-bond donors (Lipinski definition) is 3. The lowest BCUT2D eigenvalue weighted by atomic mass is 10.2. The number of nitrogens with zero attached hydrogens (tertiary/aromatic N) is 1. The maximum Gasteiger partial charge on any atom is 0.248 e. The van der Waals surface area contributed by atoms with Crippen molar-refractivity contribution in [3.63, 3.8) is 0 Å². The Balaban J connectivity index is 1.96. The average molecular weight is 343 g/mol. The highest BCUT2D eigenvalue weighted by Crippen LogP contribution is 2.27. The molecule has 0 spiro atoms. The number of carbonyl (C=O) groups excluding carboxylic acids is 1. The lowest BCUT2D eigenvalue weighted by Gasteiger charge is -2.07. The molecule has 3 N–H and O–H groups in total. The van der Waals surface area contributed by atoms with Crippen molar-refractivity contribution in [2.24, 2.45) is 0 Å². The Morgan fingerprint density at radius 2 is 2.00 bits per heavy atom. The van der Waals surface area contributed by atoms with Crippen LogP contribution in [0.4, 0.5) is 11.5 Å². The first kappa shape index (κ1) is 18.3. The molecule has 1 aromatic carbocycles. The van der Waals surface area contributed by atoms with Gasteiger partial charge in [0, 0.05) is 12.6 Å². The molecule has 0 radical (unpaired) electrons. The van der Waals surface area contributed by atoms with Gasteiger partial charge in [-0.2, -0.15) is 0 Å². The molecule has 2 rings (SSSR count). The van der Waals surface area contributed by atoms with Gasteiger partial charge >= 0.3 is 0 Å². The standard InChI is InChI=1S/C18H21N3O4/c1-24-15-6-3-13(11-16(15)25-2)4-8-18(23)21-14-5-7-17(20-12-14)19-9-10-22/h3-8,11-12,22H,9-10H2,1-2H3,(H,19,20)(H,21,23)/b8-4+. The Bertz CT molecular complexity index is 730. The topological polar surface area (TPSA) is 92.7 Å². The Morgan fingerprint density at radius 1 is 1.20 bits per heavy atom. The zero-order chi connectivity index (χ0) is 18.1. The van der Waals surface area contributed by atoms with Crippen molar-refractivity contribution in [2.45, 2.75) is 0 Å². The molecule has 0 fully saturated rings. The number of aliphatic hydroxyl groups is 1. The van der Waals surface area contributed by atoms with Crippen molar-refractivity contribution in [1.82, 2.24) is 4.98 Å². The second-order valence-corrected chi connectivity index (χ2v) is 5.02. The minimum atomic E-state index is -0.271. The number of nitrogens with one attached hydrogen (secondary N) is 2. The normalized spacial score (nSPS) is 10.5. The highest BCUT2D eigenvalue weighted by Gasteiger charge is 2.04. The minimum Gasteiger partial charge on any atom is -0.493 e. The molecule has 0 bridgehead atoms. The minimum absolute atomic E-state index is 0.0289. The molecule has 1 aromatic heterocycles. The van der Waals surface area contributed by atoms with Gasteiger partial charge in [-0.25, -0.2) is 4.98 Å². The summed E-state index contributed by atoms with van der Waals surface area (Å²) in [7, 11) is 3.13. The molecule has 0 aliphatic rings. The summed E-state index contributed by atoms with van der Waals surface area (Å²) in [4.78, 5) is 16.1. The van der Waals surface area contributed by atoms with Gasteiger partial charge in [0.2, 0.25) is 5.91 Å². The molecule has 2 aromatic rings. The lowest BCUT2D eigenvalue weighted by Crippen LogP contribution is -2.09. The molecular formula is C18H21N3O4. The summed E-state index contributed by atoms with van der Waals surface area (Å²) in [6, 6.07) is 8.84. The number of carbonyl (C=O) groups is 1. The van der Waals surface area contributed by atoms with Crippen LogP contribution in [-0.2, 0) is 4.79 Å². The number of rotatable bonds is 8. The van der Waals surface area contributed by atoms with Gasteiger partial charge in [-0.1, -0.05) is 6.07 Å². The van der Waals surface area contributed by atoms with E-state index in [0.29, 0.717) is 29.5 Å². The van der Waals surface area contributed by atoms with Crippen LogP contribution in [0, 0.1) is 0 Å². The van der Waals surface area contributed by atoms with E-state index in [1.54, 1.807) is 50.8 Å². The Labute approximate surface area is 146 Å². The van der Waals surface area contributed by atoms with Gasteiger partial charge in [0.05, 0.1) is 32.7 Å². The van der Waals surface area contributed by atoms with Gasteiger partial charge in [-0.3, -0.25) is 4.79 Å². The molecule has 0 aliphatic carbocycles. The van der Waals surface area contributed by atoms with Crippen LogP contribution in [0.25, 0.3) is 6.08 Å². The molecule has 132 valence electrons. The van der Waals surface area contributed by atoms with E-state index in [0.717, 1.165) is 5.56 Å². The van der Waals surface area contributed by atoms with Crippen molar-refractivity contribution >= 4 is 23.5 Å². The molecule has 7 heteroatoms. The second kappa shape index (κ2) is 9.29. The van der Waals surface area contributed by atoms with Gasteiger partial charge in [-0.05, 0) is 35.9 Å². The first-order chi connectivity index (χ1) is 12.2. The maximum absolute atomic E-state index is 12.0. The predicted molar refractivity (Wildman–Crippen MR) is 97.0 cm³/mol. The van der Waals surface area contributed by atoms with Crippen LogP contribution in [0.1, 0.15) is 5.56 Å².